The average molecular weight is 280 g/mol. The van der Waals surface area contributed by atoms with Crippen LogP contribution in [0.5, 0.6) is 0 Å². The van der Waals surface area contributed by atoms with E-state index in [-0.39, 0.29) is 18.1 Å². The van der Waals surface area contributed by atoms with Gasteiger partial charge in [-0.05, 0) is 38.5 Å². The second-order valence-electron chi connectivity index (χ2n) is 6.69. The van der Waals surface area contributed by atoms with Gasteiger partial charge in [0.2, 0.25) is 5.91 Å². The minimum Gasteiger partial charge on any atom is -0.376 e. The minimum atomic E-state index is -0.0212. The summed E-state index contributed by atoms with van der Waals surface area (Å²) in [6, 6.07) is -0.0212. The maximum Gasteiger partial charge on any atom is 0.240 e. The fourth-order valence-corrected chi connectivity index (χ4v) is 4.09. The molecule has 1 aliphatic heterocycles. The summed E-state index contributed by atoms with van der Waals surface area (Å²) >= 11 is 0. The molecular formula is C16H28N2O2. The molecule has 3 aliphatic rings. The van der Waals surface area contributed by atoms with E-state index in [1.165, 1.54) is 51.4 Å². The summed E-state index contributed by atoms with van der Waals surface area (Å²) in [5, 5.41) is 3.49. The van der Waals surface area contributed by atoms with E-state index >= 15 is 0 Å². The Kier molecular flexibility index (Phi) is 4.61. The van der Waals surface area contributed by atoms with Gasteiger partial charge in [0.25, 0.3) is 0 Å². The Balaban J connectivity index is 1.52. The zero-order chi connectivity index (χ0) is 13.9. The van der Waals surface area contributed by atoms with Crippen molar-refractivity contribution >= 4 is 5.91 Å². The third kappa shape index (κ3) is 3.01. The highest BCUT2D eigenvalue weighted by atomic mass is 16.5. The Morgan fingerprint density at radius 1 is 1.15 bits per heavy atom. The minimum absolute atomic E-state index is 0.0212. The molecular weight excluding hydrogens is 252 g/mol. The van der Waals surface area contributed by atoms with E-state index in [4.69, 9.17) is 4.74 Å². The van der Waals surface area contributed by atoms with Crippen molar-refractivity contribution in [3.05, 3.63) is 0 Å². The lowest BCUT2D eigenvalue weighted by Crippen LogP contribution is -2.44. The molecule has 0 spiro atoms. The second kappa shape index (κ2) is 6.44. The lowest BCUT2D eigenvalue weighted by atomic mass is 10.0. The molecule has 1 N–H and O–H groups in total. The number of carbonyl (C=O) groups is 1. The average Bonchev–Trinajstić information content (AvgIpc) is 3.15. The quantitative estimate of drug-likeness (QED) is 0.840. The molecule has 2 atom stereocenters. The largest absolute Gasteiger partial charge is 0.376 e. The van der Waals surface area contributed by atoms with E-state index in [9.17, 15) is 4.79 Å². The molecule has 1 heterocycles. The van der Waals surface area contributed by atoms with Crippen LogP contribution in [-0.2, 0) is 9.53 Å². The molecule has 4 heteroatoms. The summed E-state index contributed by atoms with van der Waals surface area (Å²) in [6.45, 7) is 3.45. The van der Waals surface area contributed by atoms with Gasteiger partial charge in [-0.1, -0.05) is 25.7 Å². The first kappa shape index (κ1) is 14.3. The van der Waals surface area contributed by atoms with Crippen LogP contribution in [0.4, 0.5) is 0 Å². The van der Waals surface area contributed by atoms with Crippen molar-refractivity contribution in [2.45, 2.75) is 76.6 Å². The van der Waals surface area contributed by atoms with Gasteiger partial charge in [-0.15, -0.1) is 0 Å². The Hall–Kier alpha value is -0.610. The second-order valence-corrected chi connectivity index (χ2v) is 6.69. The van der Waals surface area contributed by atoms with Crippen LogP contribution in [0, 0.1) is 5.92 Å². The monoisotopic (exact) mass is 280 g/mol. The number of amides is 1. The van der Waals surface area contributed by atoms with Crippen LogP contribution in [-0.4, -0.2) is 42.3 Å². The van der Waals surface area contributed by atoms with Crippen molar-refractivity contribution in [2.24, 2.45) is 5.92 Å². The molecule has 4 nitrogen and oxygen atoms in total. The van der Waals surface area contributed by atoms with E-state index < -0.39 is 0 Å². The smallest absolute Gasteiger partial charge is 0.240 e. The molecule has 0 aromatic heterocycles. The van der Waals surface area contributed by atoms with Gasteiger partial charge in [0.05, 0.1) is 24.9 Å². The molecule has 0 bridgehead atoms. The summed E-state index contributed by atoms with van der Waals surface area (Å²) in [4.78, 5) is 14.4. The SMILES string of the molecule is CC1NC(C2CCCC2)N(CCOC2CCCC2)C1=O. The molecule has 2 unspecified atom stereocenters. The Morgan fingerprint density at radius 2 is 1.80 bits per heavy atom. The van der Waals surface area contributed by atoms with E-state index in [2.05, 4.69) is 10.2 Å². The third-order valence-electron chi connectivity index (χ3n) is 5.24. The molecule has 0 aromatic rings. The maximum absolute atomic E-state index is 12.3. The molecule has 0 aromatic carbocycles. The Labute approximate surface area is 122 Å². The first-order chi connectivity index (χ1) is 9.75. The van der Waals surface area contributed by atoms with Gasteiger partial charge in [0, 0.05) is 6.54 Å². The van der Waals surface area contributed by atoms with E-state index in [0.717, 1.165) is 6.54 Å². The zero-order valence-corrected chi connectivity index (χ0v) is 12.6. The van der Waals surface area contributed by atoms with Crippen LogP contribution in [0.2, 0.25) is 0 Å². The highest BCUT2D eigenvalue weighted by molar-refractivity contribution is 5.83. The Bertz CT molecular complexity index is 335. The standard InChI is InChI=1S/C16H28N2O2/c1-12-16(19)18(10-11-20-14-8-4-5-9-14)15(17-12)13-6-2-3-7-13/h12-15,17H,2-11H2,1H3. The van der Waals surface area contributed by atoms with Crippen molar-refractivity contribution in [1.29, 1.82) is 0 Å². The number of nitrogens with zero attached hydrogens (tertiary/aromatic N) is 1. The van der Waals surface area contributed by atoms with E-state index in [1.54, 1.807) is 0 Å². The van der Waals surface area contributed by atoms with Gasteiger partial charge in [0.15, 0.2) is 0 Å². The molecule has 3 rings (SSSR count). The molecule has 20 heavy (non-hydrogen) atoms. The topological polar surface area (TPSA) is 41.6 Å². The van der Waals surface area contributed by atoms with Crippen molar-refractivity contribution in [1.82, 2.24) is 10.2 Å². The van der Waals surface area contributed by atoms with Crippen LogP contribution < -0.4 is 5.32 Å². The van der Waals surface area contributed by atoms with Crippen molar-refractivity contribution in [3.8, 4) is 0 Å². The van der Waals surface area contributed by atoms with Crippen molar-refractivity contribution in [3.63, 3.8) is 0 Å². The number of hydrogen-bond donors (Lipinski definition) is 1. The molecule has 2 aliphatic carbocycles. The lowest BCUT2D eigenvalue weighted by Gasteiger charge is -2.29. The Morgan fingerprint density at radius 3 is 2.50 bits per heavy atom. The first-order valence-electron chi connectivity index (χ1n) is 8.44. The van der Waals surface area contributed by atoms with Gasteiger partial charge in [-0.25, -0.2) is 0 Å². The summed E-state index contributed by atoms with van der Waals surface area (Å²) in [7, 11) is 0. The van der Waals surface area contributed by atoms with Crippen molar-refractivity contribution in [2.75, 3.05) is 13.2 Å². The lowest BCUT2D eigenvalue weighted by molar-refractivity contribution is -0.131. The predicted octanol–water partition coefficient (Wildman–Crippen LogP) is 2.28. The van der Waals surface area contributed by atoms with Crippen LogP contribution in [0.25, 0.3) is 0 Å². The van der Waals surface area contributed by atoms with Crippen LogP contribution >= 0.6 is 0 Å². The fraction of sp³-hybridized carbons (Fsp3) is 0.938. The number of rotatable bonds is 5. The maximum atomic E-state index is 12.3. The van der Waals surface area contributed by atoms with Gasteiger partial charge in [0.1, 0.15) is 0 Å². The number of carbonyl (C=O) groups excluding carboxylic acids is 1. The van der Waals surface area contributed by atoms with Crippen LogP contribution in [0.15, 0.2) is 0 Å². The molecule has 3 fully saturated rings. The van der Waals surface area contributed by atoms with Gasteiger partial charge in [-0.2, -0.15) is 0 Å². The molecule has 114 valence electrons. The van der Waals surface area contributed by atoms with Crippen LogP contribution in [0.3, 0.4) is 0 Å². The van der Waals surface area contributed by atoms with Gasteiger partial charge < -0.3 is 9.64 Å². The van der Waals surface area contributed by atoms with Crippen molar-refractivity contribution < 1.29 is 9.53 Å². The number of nitrogens with one attached hydrogen (secondary N) is 1. The zero-order valence-electron chi connectivity index (χ0n) is 12.6. The number of ether oxygens (including phenoxy) is 1. The van der Waals surface area contributed by atoms with Gasteiger partial charge in [-0.3, -0.25) is 10.1 Å². The molecule has 0 radical (unpaired) electrons. The first-order valence-corrected chi connectivity index (χ1v) is 8.44. The molecule has 1 amide bonds. The fourth-order valence-electron chi connectivity index (χ4n) is 4.09. The third-order valence-corrected chi connectivity index (χ3v) is 5.24. The highest BCUT2D eigenvalue weighted by Gasteiger charge is 2.40. The van der Waals surface area contributed by atoms with Gasteiger partial charge >= 0.3 is 0 Å². The normalized spacial score (nSPS) is 32.6. The summed E-state index contributed by atoms with van der Waals surface area (Å²) in [5.74, 6) is 0.910. The number of hydrogen-bond acceptors (Lipinski definition) is 3. The predicted molar refractivity (Wildman–Crippen MR) is 78.3 cm³/mol. The molecule has 1 saturated heterocycles. The van der Waals surface area contributed by atoms with Crippen LogP contribution in [0.1, 0.15) is 58.3 Å². The highest BCUT2D eigenvalue weighted by Crippen LogP contribution is 2.32. The summed E-state index contributed by atoms with van der Waals surface area (Å²) in [6.07, 6.45) is 10.9. The summed E-state index contributed by atoms with van der Waals surface area (Å²) < 4.78 is 5.94. The summed E-state index contributed by atoms with van der Waals surface area (Å²) in [5.41, 5.74) is 0. The van der Waals surface area contributed by atoms with E-state index in [0.29, 0.717) is 18.6 Å². The molecule has 2 saturated carbocycles. The van der Waals surface area contributed by atoms with E-state index in [1.807, 2.05) is 6.92 Å².